The Morgan fingerprint density at radius 2 is 2.15 bits per heavy atom. The molecular formula is C14H18N4O2. The highest BCUT2D eigenvalue weighted by Crippen LogP contribution is 2.29. The van der Waals surface area contributed by atoms with Crippen molar-refractivity contribution in [1.29, 1.82) is 0 Å². The molecule has 0 radical (unpaired) electrons. The summed E-state index contributed by atoms with van der Waals surface area (Å²) in [6, 6.07) is 1.75. The van der Waals surface area contributed by atoms with Gasteiger partial charge in [-0.3, -0.25) is 0 Å². The van der Waals surface area contributed by atoms with Crippen molar-refractivity contribution in [2.24, 2.45) is 5.92 Å². The Hall–Kier alpha value is -1.82. The van der Waals surface area contributed by atoms with Crippen molar-refractivity contribution in [3.8, 4) is 11.5 Å². The first kappa shape index (κ1) is 13.2. The van der Waals surface area contributed by atoms with Gasteiger partial charge in [0.1, 0.15) is 11.5 Å². The highest BCUT2D eigenvalue weighted by atomic mass is 16.5. The lowest BCUT2D eigenvalue weighted by atomic mass is 9.98. The van der Waals surface area contributed by atoms with Gasteiger partial charge in [0, 0.05) is 6.20 Å². The molecule has 0 amide bonds. The fourth-order valence-electron chi connectivity index (χ4n) is 2.71. The predicted molar refractivity (Wildman–Crippen MR) is 71.7 cm³/mol. The molecule has 6 heteroatoms. The number of hydrogen-bond acceptors (Lipinski definition) is 6. The molecule has 0 spiro atoms. The molecule has 106 valence electrons. The molecule has 2 aromatic heterocycles. The van der Waals surface area contributed by atoms with Gasteiger partial charge in [0.25, 0.3) is 0 Å². The number of hydrogen-bond donors (Lipinski definition) is 1. The van der Waals surface area contributed by atoms with Crippen LogP contribution in [0, 0.1) is 12.8 Å². The second-order valence-electron chi connectivity index (χ2n) is 5.32. The molecule has 1 atom stereocenters. The third-order valence-electron chi connectivity index (χ3n) is 3.80. The van der Waals surface area contributed by atoms with E-state index in [9.17, 15) is 5.11 Å². The van der Waals surface area contributed by atoms with E-state index in [-0.39, 0.29) is 0 Å². The molecule has 1 aliphatic rings. The van der Waals surface area contributed by atoms with E-state index in [4.69, 9.17) is 4.52 Å². The van der Waals surface area contributed by atoms with Gasteiger partial charge in [-0.2, -0.15) is 4.98 Å². The molecule has 2 heterocycles. The van der Waals surface area contributed by atoms with Gasteiger partial charge in [0.05, 0.1) is 12.5 Å². The first-order valence-corrected chi connectivity index (χ1v) is 7.03. The standard InChI is InChI=1S/C14H18N4O2/c1-9-15-7-6-11(16-9)14-17-13(20-18-14)8-12(19)10-4-2-3-5-10/h6-7,10,12,19H,2-5,8H2,1H3. The molecule has 2 aromatic rings. The van der Waals surface area contributed by atoms with E-state index >= 15 is 0 Å². The Labute approximate surface area is 117 Å². The number of aliphatic hydroxyl groups excluding tert-OH is 1. The van der Waals surface area contributed by atoms with Crippen LogP contribution in [-0.4, -0.2) is 31.3 Å². The average molecular weight is 274 g/mol. The maximum atomic E-state index is 10.2. The van der Waals surface area contributed by atoms with E-state index in [1.807, 2.05) is 6.92 Å². The van der Waals surface area contributed by atoms with Crippen LogP contribution in [0.3, 0.4) is 0 Å². The maximum absolute atomic E-state index is 10.2. The number of aryl methyl sites for hydroxylation is 1. The van der Waals surface area contributed by atoms with Gasteiger partial charge in [-0.05, 0) is 31.7 Å². The minimum atomic E-state index is -0.391. The minimum absolute atomic E-state index is 0.367. The molecule has 3 rings (SSSR count). The smallest absolute Gasteiger partial charge is 0.229 e. The van der Waals surface area contributed by atoms with E-state index in [1.165, 1.54) is 12.8 Å². The van der Waals surface area contributed by atoms with Crippen LogP contribution in [0.4, 0.5) is 0 Å². The van der Waals surface area contributed by atoms with Gasteiger partial charge in [-0.25, -0.2) is 9.97 Å². The summed E-state index contributed by atoms with van der Waals surface area (Å²) in [5.41, 5.74) is 0.642. The van der Waals surface area contributed by atoms with Crippen molar-refractivity contribution < 1.29 is 9.63 Å². The maximum Gasteiger partial charge on any atom is 0.229 e. The number of rotatable bonds is 4. The Morgan fingerprint density at radius 1 is 1.35 bits per heavy atom. The lowest BCUT2D eigenvalue weighted by Gasteiger charge is -2.14. The molecule has 0 saturated heterocycles. The molecule has 1 unspecified atom stereocenters. The summed E-state index contributed by atoms with van der Waals surface area (Å²) in [6.45, 7) is 1.81. The summed E-state index contributed by atoms with van der Waals surface area (Å²) in [5.74, 6) is 1.95. The van der Waals surface area contributed by atoms with E-state index < -0.39 is 6.10 Å². The fourth-order valence-corrected chi connectivity index (χ4v) is 2.71. The molecule has 20 heavy (non-hydrogen) atoms. The topological polar surface area (TPSA) is 84.9 Å². The van der Waals surface area contributed by atoms with Crippen molar-refractivity contribution in [2.75, 3.05) is 0 Å². The van der Waals surface area contributed by atoms with Crippen LogP contribution < -0.4 is 0 Å². The van der Waals surface area contributed by atoms with Crippen LogP contribution in [0.1, 0.15) is 37.4 Å². The van der Waals surface area contributed by atoms with E-state index in [0.29, 0.717) is 35.6 Å². The summed E-state index contributed by atoms with van der Waals surface area (Å²) in [7, 11) is 0. The lowest BCUT2D eigenvalue weighted by Crippen LogP contribution is -2.20. The first-order valence-electron chi connectivity index (χ1n) is 7.03. The Kier molecular flexibility index (Phi) is 3.73. The first-order chi connectivity index (χ1) is 9.72. The Bertz CT molecular complexity index is 578. The number of aromatic nitrogens is 4. The van der Waals surface area contributed by atoms with Crippen LogP contribution in [0.15, 0.2) is 16.8 Å². The highest BCUT2D eigenvalue weighted by molar-refractivity contribution is 5.46. The van der Waals surface area contributed by atoms with Gasteiger partial charge in [-0.1, -0.05) is 18.0 Å². The quantitative estimate of drug-likeness (QED) is 0.917. The normalized spacial score (nSPS) is 17.5. The molecular weight excluding hydrogens is 256 g/mol. The zero-order valence-corrected chi connectivity index (χ0v) is 11.5. The van der Waals surface area contributed by atoms with Gasteiger partial charge in [0.15, 0.2) is 0 Å². The van der Waals surface area contributed by atoms with Gasteiger partial charge < -0.3 is 9.63 Å². The summed E-state index contributed by atoms with van der Waals surface area (Å²) in [5, 5.41) is 14.1. The van der Waals surface area contributed by atoms with Crippen LogP contribution in [0.2, 0.25) is 0 Å². The molecule has 1 saturated carbocycles. The number of aliphatic hydroxyl groups is 1. The fraction of sp³-hybridized carbons (Fsp3) is 0.571. The zero-order chi connectivity index (χ0) is 13.9. The summed E-state index contributed by atoms with van der Waals surface area (Å²) in [4.78, 5) is 12.6. The van der Waals surface area contributed by atoms with Crippen molar-refractivity contribution in [3.63, 3.8) is 0 Å². The van der Waals surface area contributed by atoms with Crippen LogP contribution >= 0.6 is 0 Å². The lowest BCUT2D eigenvalue weighted by molar-refractivity contribution is 0.102. The second kappa shape index (κ2) is 5.66. The molecule has 1 aliphatic carbocycles. The van der Waals surface area contributed by atoms with Gasteiger partial charge in [-0.15, -0.1) is 0 Å². The predicted octanol–water partition coefficient (Wildman–Crippen LogP) is 1.93. The van der Waals surface area contributed by atoms with Crippen LogP contribution in [-0.2, 0) is 6.42 Å². The minimum Gasteiger partial charge on any atom is -0.392 e. The molecule has 6 nitrogen and oxygen atoms in total. The summed E-state index contributed by atoms with van der Waals surface area (Å²) < 4.78 is 5.21. The summed E-state index contributed by atoms with van der Waals surface area (Å²) in [6.07, 6.45) is 6.29. The largest absolute Gasteiger partial charge is 0.392 e. The Balaban J connectivity index is 1.70. The van der Waals surface area contributed by atoms with Crippen LogP contribution in [0.25, 0.3) is 11.5 Å². The molecule has 0 bridgehead atoms. The van der Waals surface area contributed by atoms with Gasteiger partial charge >= 0.3 is 0 Å². The zero-order valence-electron chi connectivity index (χ0n) is 11.5. The van der Waals surface area contributed by atoms with E-state index in [0.717, 1.165) is 12.8 Å². The van der Waals surface area contributed by atoms with Crippen molar-refractivity contribution in [2.45, 2.75) is 45.1 Å². The van der Waals surface area contributed by atoms with Crippen molar-refractivity contribution in [1.82, 2.24) is 20.1 Å². The summed E-state index contributed by atoms with van der Waals surface area (Å²) >= 11 is 0. The number of nitrogens with zero attached hydrogens (tertiary/aromatic N) is 4. The molecule has 1 fully saturated rings. The molecule has 1 N–H and O–H groups in total. The SMILES string of the molecule is Cc1nccc(-c2noc(CC(O)C3CCCC3)n2)n1. The van der Waals surface area contributed by atoms with Crippen molar-refractivity contribution in [3.05, 3.63) is 24.0 Å². The second-order valence-corrected chi connectivity index (χ2v) is 5.32. The van der Waals surface area contributed by atoms with Gasteiger partial charge in [0.2, 0.25) is 11.7 Å². The van der Waals surface area contributed by atoms with E-state index in [2.05, 4.69) is 20.1 Å². The molecule has 0 aliphatic heterocycles. The van der Waals surface area contributed by atoms with E-state index in [1.54, 1.807) is 12.3 Å². The van der Waals surface area contributed by atoms with Crippen LogP contribution in [0.5, 0.6) is 0 Å². The third-order valence-corrected chi connectivity index (χ3v) is 3.80. The molecule has 0 aromatic carbocycles. The average Bonchev–Trinajstić information content (AvgIpc) is 3.10. The third kappa shape index (κ3) is 2.85. The highest BCUT2D eigenvalue weighted by Gasteiger charge is 2.25. The monoisotopic (exact) mass is 274 g/mol. The Morgan fingerprint density at radius 3 is 2.90 bits per heavy atom. The van der Waals surface area contributed by atoms with Crippen molar-refractivity contribution >= 4 is 0 Å².